The van der Waals surface area contributed by atoms with E-state index in [9.17, 15) is 0 Å². The molecule has 96 valence electrons. The maximum absolute atomic E-state index is 5.90. The van der Waals surface area contributed by atoms with Crippen LogP contribution in [-0.4, -0.2) is 19.2 Å². The van der Waals surface area contributed by atoms with Crippen LogP contribution in [0.1, 0.15) is 37.8 Å². The van der Waals surface area contributed by atoms with E-state index in [1.807, 2.05) is 0 Å². The molecule has 1 aromatic rings. The summed E-state index contributed by atoms with van der Waals surface area (Å²) in [5.74, 6) is 1.04. The van der Waals surface area contributed by atoms with Crippen molar-refractivity contribution >= 4 is 0 Å². The van der Waals surface area contributed by atoms with Gasteiger partial charge in [-0.25, -0.2) is 0 Å². The topological polar surface area (TPSA) is 21.3 Å². The molecule has 2 nitrogen and oxygen atoms in total. The Morgan fingerprint density at radius 1 is 1.24 bits per heavy atom. The lowest BCUT2D eigenvalue weighted by atomic mass is 10.1. The maximum Gasteiger partial charge on any atom is 0.125 e. The lowest BCUT2D eigenvalue weighted by Gasteiger charge is -2.17. The second kappa shape index (κ2) is 7.33. The molecule has 0 heterocycles. The molecule has 0 spiro atoms. The predicted molar refractivity (Wildman–Crippen MR) is 73.8 cm³/mol. The van der Waals surface area contributed by atoms with Crippen molar-refractivity contribution in [2.75, 3.05) is 13.2 Å². The first-order valence-electron chi connectivity index (χ1n) is 6.57. The van der Waals surface area contributed by atoms with Crippen LogP contribution in [0.5, 0.6) is 5.75 Å². The zero-order valence-corrected chi connectivity index (χ0v) is 11.5. The van der Waals surface area contributed by atoms with Gasteiger partial charge in [-0.1, -0.05) is 31.5 Å². The van der Waals surface area contributed by atoms with Crippen LogP contribution in [0, 0.1) is 13.8 Å². The van der Waals surface area contributed by atoms with E-state index in [1.54, 1.807) is 0 Å². The van der Waals surface area contributed by atoms with Crippen LogP contribution in [0.3, 0.4) is 0 Å². The fourth-order valence-corrected chi connectivity index (χ4v) is 1.82. The minimum Gasteiger partial charge on any atom is -0.491 e. The number of aryl methyl sites for hydroxylation is 2. The molecular formula is C15H25NO. The summed E-state index contributed by atoms with van der Waals surface area (Å²) in [4.78, 5) is 0. The highest BCUT2D eigenvalue weighted by Crippen LogP contribution is 2.22. The number of unbranched alkanes of at least 4 members (excludes halogenated alkanes) is 1. The molecule has 0 aliphatic carbocycles. The zero-order valence-electron chi connectivity index (χ0n) is 11.5. The molecule has 0 aliphatic rings. The first kappa shape index (κ1) is 14.0. The molecule has 0 radical (unpaired) electrons. The predicted octanol–water partition coefficient (Wildman–Crippen LogP) is 3.46. The first-order chi connectivity index (χ1) is 8.15. The highest BCUT2D eigenvalue weighted by molar-refractivity contribution is 5.39. The minimum atomic E-state index is 0.403. The molecule has 0 saturated heterocycles. The van der Waals surface area contributed by atoms with E-state index in [2.05, 4.69) is 51.2 Å². The summed E-state index contributed by atoms with van der Waals surface area (Å²) >= 11 is 0. The molecule has 0 fully saturated rings. The van der Waals surface area contributed by atoms with E-state index in [0.717, 1.165) is 18.9 Å². The van der Waals surface area contributed by atoms with Gasteiger partial charge in [-0.3, -0.25) is 0 Å². The Morgan fingerprint density at radius 3 is 2.47 bits per heavy atom. The van der Waals surface area contributed by atoms with Crippen molar-refractivity contribution < 1.29 is 4.74 Å². The van der Waals surface area contributed by atoms with Gasteiger partial charge >= 0.3 is 0 Å². The number of benzene rings is 1. The van der Waals surface area contributed by atoms with Crippen molar-refractivity contribution in [3.8, 4) is 5.75 Å². The molecule has 1 atom stereocenters. The van der Waals surface area contributed by atoms with Gasteiger partial charge in [0.15, 0.2) is 0 Å². The smallest absolute Gasteiger partial charge is 0.125 e. The third-order valence-corrected chi connectivity index (χ3v) is 2.91. The van der Waals surface area contributed by atoms with Gasteiger partial charge in [0.2, 0.25) is 0 Å². The van der Waals surface area contributed by atoms with Crippen LogP contribution >= 0.6 is 0 Å². The largest absolute Gasteiger partial charge is 0.491 e. The van der Waals surface area contributed by atoms with E-state index in [4.69, 9.17) is 4.74 Å². The van der Waals surface area contributed by atoms with Gasteiger partial charge in [0, 0.05) is 6.04 Å². The number of rotatable bonds is 7. The van der Waals surface area contributed by atoms with E-state index in [0.29, 0.717) is 6.04 Å². The fourth-order valence-electron chi connectivity index (χ4n) is 1.82. The molecule has 0 saturated carbocycles. The molecule has 1 unspecified atom stereocenters. The molecule has 0 aromatic heterocycles. The average Bonchev–Trinajstić information content (AvgIpc) is 2.29. The van der Waals surface area contributed by atoms with Crippen LogP contribution in [0.4, 0.5) is 0 Å². The van der Waals surface area contributed by atoms with Crippen molar-refractivity contribution in [1.29, 1.82) is 0 Å². The summed E-state index contributed by atoms with van der Waals surface area (Å²) < 4.78 is 5.90. The molecule has 17 heavy (non-hydrogen) atoms. The Bertz CT molecular complexity index is 315. The number of para-hydroxylation sites is 1. The number of ether oxygens (including phenoxy) is 1. The second-order valence-corrected chi connectivity index (χ2v) is 4.74. The lowest BCUT2D eigenvalue weighted by Crippen LogP contribution is -2.32. The standard InChI is InChI=1S/C15H25NO/c1-5-6-10-16-14(4)11-17-15-12(2)8-7-9-13(15)3/h7-9,14,16H,5-6,10-11H2,1-4H3. The first-order valence-corrected chi connectivity index (χ1v) is 6.57. The molecule has 0 amide bonds. The zero-order chi connectivity index (χ0) is 12.7. The van der Waals surface area contributed by atoms with E-state index in [1.165, 1.54) is 24.0 Å². The van der Waals surface area contributed by atoms with Gasteiger partial charge in [0.25, 0.3) is 0 Å². The Labute approximate surface area is 105 Å². The maximum atomic E-state index is 5.90. The van der Waals surface area contributed by atoms with Crippen molar-refractivity contribution in [2.45, 2.75) is 46.6 Å². The van der Waals surface area contributed by atoms with Crippen molar-refractivity contribution in [2.24, 2.45) is 0 Å². The quantitative estimate of drug-likeness (QED) is 0.731. The molecule has 0 bridgehead atoms. The average molecular weight is 235 g/mol. The molecule has 2 heteroatoms. The third-order valence-electron chi connectivity index (χ3n) is 2.91. The summed E-state index contributed by atoms with van der Waals surface area (Å²) in [7, 11) is 0. The van der Waals surface area contributed by atoms with Gasteiger partial charge < -0.3 is 10.1 Å². The van der Waals surface area contributed by atoms with Gasteiger partial charge in [0.1, 0.15) is 12.4 Å². The van der Waals surface area contributed by atoms with E-state index >= 15 is 0 Å². The van der Waals surface area contributed by atoms with E-state index < -0.39 is 0 Å². The van der Waals surface area contributed by atoms with Crippen molar-refractivity contribution in [1.82, 2.24) is 5.32 Å². The highest BCUT2D eigenvalue weighted by Gasteiger charge is 2.06. The van der Waals surface area contributed by atoms with Crippen molar-refractivity contribution in [3.05, 3.63) is 29.3 Å². The second-order valence-electron chi connectivity index (χ2n) is 4.74. The van der Waals surface area contributed by atoms with Gasteiger partial charge in [-0.15, -0.1) is 0 Å². The molecule has 1 rings (SSSR count). The molecular weight excluding hydrogens is 210 g/mol. The van der Waals surface area contributed by atoms with Gasteiger partial charge in [-0.05, 0) is 44.9 Å². The SMILES string of the molecule is CCCCNC(C)COc1c(C)cccc1C. The number of nitrogens with one attached hydrogen (secondary N) is 1. The van der Waals surface area contributed by atoms with Crippen LogP contribution < -0.4 is 10.1 Å². The van der Waals surface area contributed by atoms with E-state index in [-0.39, 0.29) is 0 Å². The summed E-state index contributed by atoms with van der Waals surface area (Å²) in [6.07, 6.45) is 2.46. The summed E-state index contributed by atoms with van der Waals surface area (Å²) in [5.41, 5.74) is 2.43. The number of hydrogen-bond acceptors (Lipinski definition) is 2. The fraction of sp³-hybridized carbons (Fsp3) is 0.600. The van der Waals surface area contributed by atoms with Gasteiger partial charge in [-0.2, -0.15) is 0 Å². The Balaban J connectivity index is 2.39. The number of hydrogen-bond donors (Lipinski definition) is 1. The third kappa shape index (κ3) is 4.78. The minimum absolute atomic E-state index is 0.403. The normalized spacial score (nSPS) is 12.5. The molecule has 1 aromatic carbocycles. The van der Waals surface area contributed by atoms with Crippen molar-refractivity contribution in [3.63, 3.8) is 0 Å². The van der Waals surface area contributed by atoms with Crippen LogP contribution in [-0.2, 0) is 0 Å². The Morgan fingerprint density at radius 2 is 1.88 bits per heavy atom. The Kier molecular flexibility index (Phi) is 6.06. The summed E-state index contributed by atoms with van der Waals surface area (Å²) in [6.45, 7) is 10.4. The summed E-state index contributed by atoms with van der Waals surface area (Å²) in [6, 6.07) is 6.66. The van der Waals surface area contributed by atoms with Crippen LogP contribution in [0.15, 0.2) is 18.2 Å². The van der Waals surface area contributed by atoms with Crippen LogP contribution in [0.2, 0.25) is 0 Å². The molecule has 0 aliphatic heterocycles. The van der Waals surface area contributed by atoms with Gasteiger partial charge in [0.05, 0.1) is 0 Å². The summed E-state index contributed by atoms with van der Waals surface area (Å²) in [5, 5.41) is 3.47. The Hall–Kier alpha value is -1.02. The monoisotopic (exact) mass is 235 g/mol. The highest BCUT2D eigenvalue weighted by atomic mass is 16.5. The molecule has 1 N–H and O–H groups in total. The lowest BCUT2D eigenvalue weighted by molar-refractivity contribution is 0.270. The van der Waals surface area contributed by atoms with Crippen LogP contribution in [0.25, 0.3) is 0 Å².